The second-order valence-electron chi connectivity index (χ2n) is 6.48. The van der Waals surface area contributed by atoms with Gasteiger partial charge in [0.25, 0.3) is 5.91 Å². The maximum absolute atomic E-state index is 12.7. The van der Waals surface area contributed by atoms with Gasteiger partial charge < -0.3 is 24.4 Å². The summed E-state index contributed by atoms with van der Waals surface area (Å²) in [5, 5.41) is 2.92. The maximum atomic E-state index is 12.7. The van der Waals surface area contributed by atoms with Crippen molar-refractivity contribution >= 4 is 17.3 Å². The van der Waals surface area contributed by atoms with Crippen molar-refractivity contribution in [2.45, 2.75) is 18.9 Å². The monoisotopic (exact) mass is 370 g/mol. The van der Waals surface area contributed by atoms with Crippen molar-refractivity contribution in [1.82, 2.24) is 0 Å². The van der Waals surface area contributed by atoms with Crippen LogP contribution in [-0.2, 0) is 4.74 Å². The number of hydrogen-bond acceptors (Lipinski definition) is 5. The van der Waals surface area contributed by atoms with Gasteiger partial charge in [0.05, 0.1) is 20.3 Å². The van der Waals surface area contributed by atoms with E-state index >= 15 is 0 Å². The van der Waals surface area contributed by atoms with Gasteiger partial charge in [-0.15, -0.1) is 0 Å². The Morgan fingerprint density at radius 3 is 2.30 bits per heavy atom. The second-order valence-corrected chi connectivity index (χ2v) is 6.48. The van der Waals surface area contributed by atoms with Gasteiger partial charge in [-0.25, -0.2) is 0 Å². The first kappa shape index (κ1) is 19.0. The van der Waals surface area contributed by atoms with Crippen LogP contribution in [0.5, 0.6) is 11.5 Å². The molecule has 1 atom stereocenters. The largest absolute Gasteiger partial charge is 0.496 e. The van der Waals surface area contributed by atoms with Crippen LogP contribution in [0.15, 0.2) is 42.5 Å². The van der Waals surface area contributed by atoms with Gasteiger partial charge >= 0.3 is 0 Å². The van der Waals surface area contributed by atoms with Crippen LogP contribution in [0.2, 0.25) is 0 Å². The molecule has 3 rings (SSSR count). The molecule has 0 bridgehead atoms. The molecule has 0 aliphatic carbocycles. The molecule has 0 spiro atoms. The molecule has 0 radical (unpaired) electrons. The summed E-state index contributed by atoms with van der Waals surface area (Å²) in [6.45, 7) is 1.91. The Bertz CT molecular complexity index is 754. The molecule has 1 aliphatic rings. The zero-order chi connectivity index (χ0) is 19.2. The lowest BCUT2D eigenvalue weighted by Gasteiger charge is -2.33. The van der Waals surface area contributed by atoms with Gasteiger partial charge in [0.15, 0.2) is 0 Å². The molecule has 1 aliphatic heterocycles. The van der Waals surface area contributed by atoms with Crippen molar-refractivity contribution < 1.29 is 19.0 Å². The fourth-order valence-electron chi connectivity index (χ4n) is 3.39. The molecule has 2 aromatic rings. The number of hydrogen-bond donors (Lipinski definition) is 1. The van der Waals surface area contributed by atoms with Crippen LogP contribution in [0.4, 0.5) is 11.4 Å². The van der Waals surface area contributed by atoms with E-state index in [9.17, 15) is 4.79 Å². The summed E-state index contributed by atoms with van der Waals surface area (Å²) in [6, 6.07) is 13.1. The van der Waals surface area contributed by atoms with Gasteiger partial charge in [0, 0.05) is 31.6 Å². The van der Waals surface area contributed by atoms with Crippen molar-refractivity contribution in [1.29, 1.82) is 0 Å². The highest BCUT2D eigenvalue weighted by Crippen LogP contribution is 2.29. The normalized spacial score (nSPS) is 16.7. The third kappa shape index (κ3) is 4.34. The Morgan fingerprint density at radius 2 is 1.70 bits per heavy atom. The molecule has 1 N–H and O–H groups in total. The van der Waals surface area contributed by atoms with E-state index < -0.39 is 0 Å². The number of carbonyl (C=O) groups is 1. The van der Waals surface area contributed by atoms with Gasteiger partial charge in [-0.3, -0.25) is 4.79 Å². The minimum absolute atomic E-state index is 0.269. The van der Waals surface area contributed by atoms with Gasteiger partial charge in [-0.2, -0.15) is 0 Å². The van der Waals surface area contributed by atoms with E-state index in [-0.39, 0.29) is 12.0 Å². The van der Waals surface area contributed by atoms with E-state index in [1.165, 1.54) is 14.2 Å². The number of anilines is 2. The molecule has 1 unspecified atom stereocenters. The van der Waals surface area contributed by atoms with Gasteiger partial charge in [0.1, 0.15) is 17.1 Å². The summed E-state index contributed by atoms with van der Waals surface area (Å²) < 4.78 is 16.1. The van der Waals surface area contributed by atoms with Crippen LogP contribution >= 0.6 is 0 Å². The van der Waals surface area contributed by atoms with E-state index in [4.69, 9.17) is 14.2 Å². The lowest BCUT2D eigenvalue weighted by atomic mass is 10.1. The molecular weight excluding hydrogens is 344 g/mol. The highest BCUT2D eigenvalue weighted by molar-refractivity contribution is 6.08. The van der Waals surface area contributed by atoms with Crippen LogP contribution in [-0.4, -0.2) is 46.4 Å². The first-order valence-corrected chi connectivity index (χ1v) is 9.06. The van der Waals surface area contributed by atoms with Gasteiger partial charge in [0.2, 0.25) is 0 Å². The predicted octanol–water partition coefficient (Wildman–Crippen LogP) is 3.57. The standard InChI is InChI=1S/C21H26N2O4/c1-25-17-6-5-13-23(14-17)16-11-9-15(10-12-16)22-21(24)20-18(26-2)7-4-8-19(20)27-3/h4,7-12,17H,5-6,13-14H2,1-3H3,(H,22,24). The minimum atomic E-state index is -0.269. The number of piperidine rings is 1. The van der Waals surface area contributed by atoms with E-state index in [0.717, 1.165) is 37.3 Å². The van der Waals surface area contributed by atoms with Crippen LogP contribution in [0.25, 0.3) is 0 Å². The molecule has 6 nitrogen and oxygen atoms in total. The summed E-state index contributed by atoms with van der Waals surface area (Å²) >= 11 is 0. The smallest absolute Gasteiger partial charge is 0.263 e. The number of ether oxygens (including phenoxy) is 3. The number of amides is 1. The third-order valence-electron chi connectivity index (χ3n) is 4.86. The highest BCUT2D eigenvalue weighted by Gasteiger charge is 2.20. The Morgan fingerprint density at radius 1 is 1.04 bits per heavy atom. The Labute approximate surface area is 160 Å². The molecule has 0 saturated carbocycles. The summed E-state index contributed by atoms with van der Waals surface area (Å²) in [5.74, 6) is 0.680. The molecule has 1 amide bonds. The fraction of sp³-hybridized carbons (Fsp3) is 0.381. The third-order valence-corrected chi connectivity index (χ3v) is 4.86. The maximum Gasteiger partial charge on any atom is 0.263 e. The van der Waals surface area contributed by atoms with Crippen molar-refractivity contribution in [3.8, 4) is 11.5 Å². The van der Waals surface area contributed by atoms with Crippen molar-refractivity contribution in [3.63, 3.8) is 0 Å². The van der Waals surface area contributed by atoms with E-state index in [1.807, 2.05) is 24.3 Å². The summed E-state index contributed by atoms with van der Waals surface area (Å²) in [5.41, 5.74) is 2.23. The van der Waals surface area contributed by atoms with Gasteiger partial charge in [-0.1, -0.05) is 6.07 Å². The van der Waals surface area contributed by atoms with Crippen LogP contribution in [0.3, 0.4) is 0 Å². The van der Waals surface area contributed by atoms with Gasteiger partial charge in [-0.05, 0) is 49.2 Å². The topological polar surface area (TPSA) is 60.0 Å². The quantitative estimate of drug-likeness (QED) is 0.842. The average molecular weight is 370 g/mol. The number of methoxy groups -OCH3 is 3. The van der Waals surface area contributed by atoms with Crippen molar-refractivity contribution in [2.24, 2.45) is 0 Å². The molecule has 1 saturated heterocycles. The predicted molar refractivity (Wildman–Crippen MR) is 106 cm³/mol. The van der Waals surface area contributed by atoms with E-state index in [1.54, 1.807) is 25.3 Å². The molecule has 6 heteroatoms. The number of rotatable bonds is 6. The number of benzene rings is 2. The van der Waals surface area contributed by atoms with E-state index in [2.05, 4.69) is 10.2 Å². The van der Waals surface area contributed by atoms with Crippen molar-refractivity contribution in [2.75, 3.05) is 44.6 Å². The zero-order valence-electron chi connectivity index (χ0n) is 16.0. The Hall–Kier alpha value is -2.73. The molecule has 144 valence electrons. The summed E-state index contributed by atoms with van der Waals surface area (Å²) in [6.07, 6.45) is 2.49. The molecule has 27 heavy (non-hydrogen) atoms. The Kier molecular flexibility index (Phi) is 6.19. The fourth-order valence-corrected chi connectivity index (χ4v) is 3.39. The molecular formula is C21H26N2O4. The van der Waals surface area contributed by atoms with Crippen LogP contribution < -0.4 is 19.7 Å². The lowest BCUT2D eigenvalue weighted by molar-refractivity contribution is 0.0893. The molecule has 1 fully saturated rings. The van der Waals surface area contributed by atoms with Crippen LogP contribution in [0.1, 0.15) is 23.2 Å². The Balaban J connectivity index is 1.73. The minimum Gasteiger partial charge on any atom is -0.496 e. The average Bonchev–Trinajstić information content (AvgIpc) is 2.73. The SMILES string of the molecule is COc1cccc(OC)c1C(=O)Nc1ccc(N2CCCC(OC)C2)cc1. The highest BCUT2D eigenvalue weighted by atomic mass is 16.5. The lowest BCUT2D eigenvalue weighted by Crippen LogP contribution is -2.39. The van der Waals surface area contributed by atoms with Crippen molar-refractivity contribution in [3.05, 3.63) is 48.0 Å². The summed E-state index contributed by atoms with van der Waals surface area (Å²) in [7, 11) is 4.83. The number of nitrogens with one attached hydrogen (secondary N) is 1. The van der Waals surface area contributed by atoms with E-state index in [0.29, 0.717) is 17.1 Å². The summed E-state index contributed by atoms with van der Waals surface area (Å²) in [4.78, 5) is 15.1. The van der Waals surface area contributed by atoms with Crippen LogP contribution in [0, 0.1) is 0 Å². The number of nitrogens with zero attached hydrogens (tertiary/aromatic N) is 1. The molecule has 1 heterocycles. The second kappa shape index (κ2) is 8.77. The molecule has 2 aromatic carbocycles. The molecule has 0 aromatic heterocycles. The first-order chi connectivity index (χ1) is 13.2. The first-order valence-electron chi connectivity index (χ1n) is 9.06. The number of carbonyl (C=O) groups excluding carboxylic acids is 1. The zero-order valence-corrected chi connectivity index (χ0v) is 16.0.